The zero-order chi connectivity index (χ0) is 13.8. The van der Waals surface area contributed by atoms with E-state index in [1.54, 1.807) is 0 Å². The molecule has 1 spiro atoms. The van der Waals surface area contributed by atoms with Crippen LogP contribution in [0.15, 0.2) is 12.1 Å². The second kappa shape index (κ2) is 3.71. The maximum absolute atomic E-state index is 13.6. The highest BCUT2D eigenvalue weighted by atomic mass is 19.3. The molecule has 2 nitrogen and oxygen atoms in total. The van der Waals surface area contributed by atoms with Crippen molar-refractivity contribution in [3.63, 3.8) is 0 Å². The van der Waals surface area contributed by atoms with Crippen LogP contribution in [0.1, 0.15) is 31.2 Å². The molecule has 1 aliphatic carbocycles. The van der Waals surface area contributed by atoms with Gasteiger partial charge < -0.3 is 5.32 Å². The minimum Gasteiger partial charge on any atom is -0.323 e. The molecule has 1 aromatic rings. The average molecular weight is 273 g/mol. The number of nitrogens with one attached hydrogen (secondary N) is 1. The van der Waals surface area contributed by atoms with Crippen LogP contribution in [0.3, 0.4) is 0 Å². The van der Waals surface area contributed by atoms with E-state index in [2.05, 4.69) is 5.32 Å². The van der Waals surface area contributed by atoms with E-state index in [9.17, 15) is 22.4 Å². The van der Waals surface area contributed by atoms with Crippen LogP contribution in [-0.4, -0.2) is 11.8 Å². The van der Waals surface area contributed by atoms with Gasteiger partial charge in [-0.3, -0.25) is 4.79 Å². The molecule has 0 unspecified atom stereocenters. The number of hydrogen-bond acceptors (Lipinski definition) is 1. The van der Waals surface area contributed by atoms with E-state index in [0.717, 1.165) is 6.07 Å². The quantitative estimate of drug-likeness (QED) is 0.721. The molecule has 0 atom stereocenters. The molecular formula is C13H11F4NO. The fourth-order valence-electron chi connectivity index (χ4n) is 2.97. The lowest BCUT2D eigenvalue weighted by molar-refractivity contribution is -0.125. The van der Waals surface area contributed by atoms with Gasteiger partial charge in [0.15, 0.2) is 0 Å². The minimum atomic E-state index is -2.81. The standard InChI is InChI=1S/C13H11F4NO/c14-7-5-8-10(9(15)6-7)18-11(19)12(8)1-3-13(16,17)4-2-12/h5-6H,1-4H2,(H,18,19). The highest BCUT2D eigenvalue weighted by Crippen LogP contribution is 2.51. The number of carbonyl (C=O) groups excluding carboxylic acids is 1. The topological polar surface area (TPSA) is 29.1 Å². The van der Waals surface area contributed by atoms with E-state index in [1.807, 2.05) is 0 Å². The predicted octanol–water partition coefficient (Wildman–Crippen LogP) is 3.36. The molecule has 1 aromatic carbocycles. The van der Waals surface area contributed by atoms with E-state index in [0.29, 0.717) is 6.07 Å². The molecule has 2 aliphatic rings. The van der Waals surface area contributed by atoms with Gasteiger partial charge in [-0.05, 0) is 24.5 Å². The molecule has 0 aromatic heterocycles. The summed E-state index contributed by atoms with van der Waals surface area (Å²) >= 11 is 0. The Balaban J connectivity index is 2.08. The van der Waals surface area contributed by atoms with E-state index in [4.69, 9.17) is 0 Å². The van der Waals surface area contributed by atoms with Crippen LogP contribution in [0.5, 0.6) is 0 Å². The van der Waals surface area contributed by atoms with Crippen LogP contribution in [0.2, 0.25) is 0 Å². The fourth-order valence-corrected chi connectivity index (χ4v) is 2.97. The smallest absolute Gasteiger partial charge is 0.248 e. The number of anilines is 1. The van der Waals surface area contributed by atoms with Gasteiger partial charge in [0.2, 0.25) is 11.8 Å². The number of carbonyl (C=O) groups is 1. The maximum atomic E-state index is 13.6. The van der Waals surface area contributed by atoms with Crippen LogP contribution in [-0.2, 0) is 10.2 Å². The van der Waals surface area contributed by atoms with Crippen molar-refractivity contribution in [2.75, 3.05) is 5.32 Å². The molecule has 1 fully saturated rings. The average Bonchev–Trinajstić information content (AvgIpc) is 2.58. The monoisotopic (exact) mass is 273 g/mol. The molecular weight excluding hydrogens is 262 g/mol. The van der Waals surface area contributed by atoms with Crippen molar-refractivity contribution in [1.82, 2.24) is 0 Å². The van der Waals surface area contributed by atoms with Crippen molar-refractivity contribution in [1.29, 1.82) is 0 Å². The summed E-state index contributed by atoms with van der Waals surface area (Å²) in [7, 11) is 0. The lowest BCUT2D eigenvalue weighted by atomic mass is 9.69. The maximum Gasteiger partial charge on any atom is 0.248 e. The Bertz CT molecular complexity index is 560. The lowest BCUT2D eigenvalue weighted by Gasteiger charge is -2.35. The molecule has 1 aliphatic heterocycles. The minimum absolute atomic E-state index is 0.0726. The molecule has 19 heavy (non-hydrogen) atoms. The van der Waals surface area contributed by atoms with Crippen molar-refractivity contribution in [3.8, 4) is 0 Å². The first-order valence-corrected chi connectivity index (χ1v) is 6.03. The third-order valence-electron chi connectivity index (χ3n) is 4.08. The van der Waals surface area contributed by atoms with Crippen molar-refractivity contribution in [2.24, 2.45) is 0 Å². The van der Waals surface area contributed by atoms with Crippen molar-refractivity contribution in [2.45, 2.75) is 37.0 Å². The first kappa shape index (κ1) is 12.4. The highest BCUT2D eigenvalue weighted by Gasteiger charge is 2.53. The summed E-state index contributed by atoms with van der Waals surface area (Å²) in [5, 5.41) is 2.36. The van der Waals surface area contributed by atoms with E-state index >= 15 is 0 Å². The Morgan fingerprint density at radius 3 is 2.32 bits per heavy atom. The molecule has 0 saturated heterocycles. The molecule has 0 bridgehead atoms. The van der Waals surface area contributed by atoms with Gasteiger partial charge in [0.05, 0.1) is 11.1 Å². The van der Waals surface area contributed by atoms with Gasteiger partial charge in [-0.2, -0.15) is 0 Å². The normalized spacial score (nSPS) is 23.3. The molecule has 102 valence electrons. The van der Waals surface area contributed by atoms with E-state index in [-0.39, 0.29) is 24.1 Å². The first-order valence-electron chi connectivity index (χ1n) is 6.03. The Hall–Kier alpha value is -1.59. The number of hydrogen-bond donors (Lipinski definition) is 1. The van der Waals surface area contributed by atoms with Crippen molar-refractivity contribution >= 4 is 11.6 Å². The zero-order valence-electron chi connectivity index (χ0n) is 9.90. The van der Waals surface area contributed by atoms with Crippen LogP contribution in [0.4, 0.5) is 23.2 Å². The van der Waals surface area contributed by atoms with Gasteiger partial charge in [-0.1, -0.05) is 0 Å². The summed E-state index contributed by atoms with van der Waals surface area (Å²) in [6.07, 6.45) is -1.08. The lowest BCUT2D eigenvalue weighted by Crippen LogP contribution is -2.41. The second-order valence-electron chi connectivity index (χ2n) is 5.20. The third kappa shape index (κ3) is 1.73. The number of amides is 1. The van der Waals surface area contributed by atoms with E-state index in [1.165, 1.54) is 0 Å². The third-order valence-corrected chi connectivity index (χ3v) is 4.08. The van der Waals surface area contributed by atoms with Crippen molar-refractivity contribution in [3.05, 3.63) is 29.3 Å². The summed E-state index contributed by atoms with van der Waals surface area (Å²) in [6, 6.07) is 1.75. The molecule has 1 amide bonds. The number of benzene rings is 1. The van der Waals surface area contributed by atoms with Crippen LogP contribution in [0.25, 0.3) is 0 Å². The van der Waals surface area contributed by atoms with Gasteiger partial charge in [0, 0.05) is 18.9 Å². The van der Waals surface area contributed by atoms with Crippen LogP contribution >= 0.6 is 0 Å². The summed E-state index contributed by atoms with van der Waals surface area (Å²) in [6.45, 7) is 0. The SMILES string of the molecule is O=C1Nc2c(F)cc(F)cc2C12CCC(F)(F)CC2. The molecule has 6 heteroatoms. The molecule has 1 saturated carbocycles. The summed E-state index contributed by atoms with van der Waals surface area (Å²) < 4.78 is 53.4. The number of fused-ring (bicyclic) bond motifs is 2. The first-order chi connectivity index (χ1) is 8.84. The molecule has 3 rings (SSSR count). The predicted molar refractivity (Wildman–Crippen MR) is 60.1 cm³/mol. The highest BCUT2D eigenvalue weighted by molar-refractivity contribution is 6.06. The molecule has 0 radical (unpaired) electrons. The number of alkyl halides is 2. The van der Waals surface area contributed by atoms with Gasteiger partial charge in [0.25, 0.3) is 0 Å². The molecule has 1 heterocycles. The largest absolute Gasteiger partial charge is 0.323 e. The van der Waals surface area contributed by atoms with Crippen LogP contribution in [0, 0.1) is 11.6 Å². The Morgan fingerprint density at radius 1 is 1.05 bits per heavy atom. The Morgan fingerprint density at radius 2 is 1.68 bits per heavy atom. The Labute approximate surface area is 106 Å². The summed E-state index contributed by atoms with van der Waals surface area (Å²) in [4.78, 5) is 12.0. The zero-order valence-corrected chi connectivity index (χ0v) is 9.90. The van der Waals surface area contributed by atoms with Crippen LogP contribution < -0.4 is 5.32 Å². The van der Waals surface area contributed by atoms with Gasteiger partial charge in [0.1, 0.15) is 11.6 Å². The molecule has 1 N–H and O–H groups in total. The van der Waals surface area contributed by atoms with Gasteiger partial charge in [-0.15, -0.1) is 0 Å². The Kier molecular flexibility index (Phi) is 2.43. The fraction of sp³-hybridized carbons (Fsp3) is 0.462. The number of rotatable bonds is 0. The summed E-state index contributed by atoms with van der Waals surface area (Å²) in [5.41, 5.74) is -1.11. The van der Waals surface area contributed by atoms with Gasteiger partial charge >= 0.3 is 0 Å². The van der Waals surface area contributed by atoms with Crippen molar-refractivity contribution < 1.29 is 22.4 Å². The second-order valence-corrected chi connectivity index (χ2v) is 5.20. The van der Waals surface area contributed by atoms with E-state index < -0.39 is 41.7 Å². The van der Waals surface area contributed by atoms with Gasteiger partial charge in [-0.25, -0.2) is 17.6 Å². The number of halogens is 4. The summed E-state index contributed by atoms with van der Waals surface area (Å²) in [5.74, 6) is -4.98.